The highest BCUT2D eigenvalue weighted by molar-refractivity contribution is 14.1. The van der Waals surface area contributed by atoms with Gasteiger partial charge in [0.15, 0.2) is 0 Å². The number of halogens is 1. The van der Waals surface area contributed by atoms with Gasteiger partial charge in [0.05, 0.1) is 12.1 Å². The Labute approximate surface area is 102 Å². The van der Waals surface area contributed by atoms with Crippen molar-refractivity contribution in [2.24, 2.45) is 5.92 Å². The molecule has 1 aromatic rings. The molecular formula is C10H12IN3O. The zero-order valence-corrected chi connectivity index (χ0v) is 10.4. The minimum Gasteiger partial charge on any atom is -0.394 e. The first-order chi connectivity index (χ1) is 7.23. The van der Waals surface area contributed by atoms with Gasteiger partial charge in [0.25, 0.3) is 0 Å². The quantitative estimate of drug-likeness (QED) is 0.828. The van der Waals surface area contributed by atoms with Crippen LogP contribution in [0.1, 0.15) is 12.8 Å². The van der Waals surface area contributed by atoms with Crippen molar-refractivity contribution in [3.63, 3.8) is 0 Å². The van der Waals surface area contributed by atoms with E-state index in [1.807, 2.05) is 12.4 Å². The number of rotatable bonds is 2. The number of hydrogen-bond donors (Lipinski definition) is 1. The predicted octanol–water partition coefficient (Wildman–Crippen LogP) is 1.04. The van der Waals surface area contributed by atoms with Crippen LogP contribution in [-0.4, -0.2) is 33.8 Å². The highest BCUT2D eigenvalue weighted by Gasteiger charge is 2.56. The molecule has 2 aliphatic heterocycles. The summed E-state index contributed by atoms with van der Waals surface area (Å²) < 4.78 is 1.04. The molecule has 15 heavy (non-hydrogen) atoms. The van der Waals surface area contributed by atoms with Gasteiger partial charge in [-0.25, -0.2) is 9.97 Å². The summed E-state index contributed by atoms with van der Waals surface area (Å²) in [4.78, 5) is 10.8. The topological polar surface area (TPSA) is 49.2 Å². The first kappa shape index (κ1) is 9.77. The molecule has 80 valence electrons. The molecule has 5 heteroatoms. The lowest BCUT2D eigenvalue weighted by Gasteiger charge is -2.40. The van der Waals surface area contributed by atoms with Gasteiger partial charge in [-0.2, -0.15) is 0 Å². The van der Waals surface area contributed by atoms with Crippen LogP contribution in [0.4, 0.5) is 5.95 Å². The zero-order chi connectivity index (χ0) is 10.5. The summed E-state index contributed by atoms with van der Waals surface area (Å²) >= 11 is 2.20. The Morgan fingerprint density at radius 1 is 1.47 bits per heavy atom. The number of anilines is 1. The van der Waals surface area contributed by atoms with Crippen molar-refractivity contribution < 1.29 is 5.11 Å². The van der Waals surface area contributed by atoms with Gasteiger partial charge < -0.3 is 10.0 Å². The summed E-state index contributed by atoms with van der Waals surface area (Å²) in [5.74, 6) is 1.50. The monoisotopic (exact) mass is 317 g/mol. The fraction of sp³-hybridized carbons (Fsp3) is 0.600. The number of fused-ring (bicyclic) bond motifs is 1. The number of hydrogen-bond acceptors (Lipinski definition) is 4. The normalized spacial score (nSPS) is 32.9. The van der Waals surface area contributed by atoms with E-state index in [9.17, 15) is 5.11 Å². The number of aromatic nitrogens is 2. The molecule has 1 aliphatic carbocycles. The van der Waals surface area contributed by atoms with Crippen LogP contribution < -0.4 is 4.90 Å². The number of aliphatic hydroxyl groups is 1. The molecule has 4 rings (SSSR count). The summed E-state index contributed by atoms with van der Waals surface area (Å²) in [7, 11) is 0. The van der Waals surface area contributed by atoms with Crippen LogP contribution in [0.2, 0.25) is 0 Å². The van der Waals surface area contributed by atoms with Gasteiger partial charge in [-0.1, -0.05) is 0 Å². The fourth-order valence-corrected chi connectivity index (χ4v) is 3.05. The predicted molar refractivity (Wildman–Crippen MR) is 64.6 cm³/mol. The molecule has 0 atom stereocenters. The number of aliphatic hydroxyl groups excluding tert-OH is 1. The van der Waals surface area contributed by atoms with Crippen LogP contribution >= 0.6 is 22.6 Å². The van der Waals surface area contributed by atoms with Crippen LogP contribution in [0, 0.1) is 9.49 Å². The van der Waals surface area contributed by atoms with Crippen molar-refractivity contribution in [1.82, 2.24) is 9.97 Å². The Bertz CT molecular complexity index is 375. The third-order valence-corrected chi connectivity index (χ3v) is 4.05. The third kappa shape index (κ3) is 1.36. The van der Waals surface area contributed by atoms with Crippen molar-refractivity contribution in [2.45, 2.75) is 18.4 Å². The van der Waals surface area contributed by atoms with Gasteiger partial charge >= 0.3 is 0 Å². The van der Waals surface area contributed by atoms with Crippen molar-refractivity contribution in [1.29, 1.82) is 0 Å². The van der Waals surface area contributed by atoms with Gasteiger partial charge in [-0.05, 0) is 41.4 Å². The lowest BCUT2D eigenvalue weighted by Crippen LogP contribution is -2.49. The maximum Gasteiger partial charge on any atom is 0.225 e. The molecule has 3 heterocycles. The second-order valence-electron chi connectivity index (χ2n) is 4.47. The van der Waals surface area contributed by atoms with E-state index >= 15 is 0 Å². The van der Waals surface area contributed by atoms with Crippen LogP contribution in [0.3, 0.4) is 0 Å². The van der Waals surface area contributed by atoms with Crippen LogP contribution in [0.5, 0.6) is 0 Å². The maximum absolute atomic E-state index is 9.45. The standard InChI is InChI=1S/C10H12IN3O/c11-8-3-12-9(13-4-8)14-5-7-1-10(14,2-7)6-15/h3-4,7,15H,1-2,5-6H2. The molecule has 0 radical (unpaired) electrons. The van der Waals surface area contributed by atoms with Crippen LogP contribution in [-0.2, 0) is 0 Å². The van der Waals surface area contributed by atoms with Gasteiger partial charge in [0.1, 0.15) is 0 Å². The molecule has 4 nitrogen and oxygen atoms in total. The Kier molecular flexibility index (Phi) is 2.14. The largest absolute Gasteiger partial charge is 0.394 e. The van der Waals surface area contributed by atoms with Gasteiger partial charge in [0, 0.05) is 22.5 Å². The molecule has 2 bridgehead atoms. The third-order valence-electron chi connectivity index (χ3n) is 3.49. The molecule has 0 amide bonds. The van der Waals surface area contributed by atoms with Gasteiger partial charge in [-0.3, -0.25) is 0 Å². The van der Waals surface area contributed by atoms with E-state index in [4.69, 9.17) is 0 Å². The smallest absolute Gasteiger partial charge is 0.225 e. The minimum atomic E-state index is -0.0442. The van der Waals surface area contributed by atoms with Gasteiger partial charge in [-0.15, -0.1) is 0 Å². The molecule has 0 unspecified atom stereocenters. The molecule has 1 aromatic heterocycles. The van der Waals surface area contributed by atoms with Crippen molar-refractivity contribution in [2.75, 3.05) is 18.1 Å². The van der Waals surface area contributed by atoms with Crippen LogP contribution in [0.25, 0.3) is 0 Å². The second-order valence-corrected chi connectivity index (χ2v) is 5.71. The first-order valence-electron chi connectivity index (χ1n) is 5.10. The Hall–Kier alpha value is -0.430. The lowest BCUT2D eigenvalue weighted by molar-refractivity contribution is 0.129. The van der Waals surface area contributed by atoms with E-state index in [1.165, 1.54) is 0 Å². The molecule has 0 aromatic carbocycles. The average molecular weight is 317 g/mol. The van der Waals surface area contributed by atoms with E-state index < -0.39 is 0 Å². The number of nitrogens with zero attached hydrogens (tertiary/aromatic N) is 3. The Morgan fingerprint density at radius 2 is 2.13 bits per heavy atom. The van der Waals surface area contributed by atoms with E-state index in [0.29, 0.717) is 0 Å². The fourth-order valence-electron chi connectivity index (χ4n) is 2.77. The molecule has 1 saturated carbocycles. The first-order valence-corrected chi connectivity index (χ1v) is 6.17. The molecule has 1 N–H and O–H groups in total. The van der Waals surface area contributed by atoms with Crippen molar-refractivity contribution in [3.8, 4) is 0 Å². The molecule has 0 spiro atoms. The zero-order valence-electron chi connectivity index (χ0n) is 8.23. The second kappa shape index (κ2) is 3.28. The highest BCUT2D eigenvalue weighted by atomic mass is 127. The van der Waals surface area contributed by atoms with Crippen molar-refractivity contribution in [3.05, 3.63) is 16.0 Å². The van der Waals surface area contributed by atoms with E-state index in [-0.39, 0.29) is 12.1 Å². The average Bonchev–Trinajstić information content (AvgIpc) is 2.72. The summed E-state index contributed by atoms with van der Waals surface area (Å²) in [6.07, 6.45) is 5.84. The van der Waals surface area contributed by atoms with E-state index in [1.54, 1.807) is 0 Å². The molecular weight excluding hydrogens is 305 g/mol. The molecule has 3 fully saturated rings. The highest BCUT2D eigenvalue weighted by Crippen LogP contribution is 2.50. The minimum absolute atomic E-state index is 0.0442. The van der Waals surface area contributed by atoms with Crippen LogP contribution in [0.15, 0.2) is 12.4 Å². The Balaban J connectivity index is 1.91. The Morgan fingerprint density at radius 3 is 2.73 bits per heavy atom. The van der Waals surface area contributed by atoms with Gasteiger partial charge in [0.2, 0.25) is 5.95 Å². The van der Waals surface area contributed by atoms with E-state index in [2.05, 4.69) is 37.5 Å². The maximum atomic E-state index is 9.45. The van der Waals surface area contributed by atoms with E-state index in [0.717, 1.165) is 34.8 Å². The summed E-state index contributed by atoms with van der Waals surface area (Å²) in [5.41, 5.74) is -0.0442. The SMILES string of the molecule is OCC12CC(CN1c1ncc(I)cn1)C2. The molecule has 2 saturated heterocycles. The van der Waals surface area contributed by atoms with Crippen molar-refractivity contribution >= 4 is 28.5 Å². The summed E-state index contributed by atoms with van der Waals surface area (Å²) in [6.45, 7) is 1.22. The molecule has 3 aliphatic rings. The lowest BCUT2D eigenvalue weighted by atomic mass is 9.74. The summed E-state index contributed by atoms with van der Waals surface area (Å²) in [6, 6.07) is 0. The summed E-state index contributed by atoms with van der Waals surface area (Å²) in [5, 5.41) is 9.45.